The molecule has 0 N–H and O–H groups in total. The first-order valence-corrected chi connectivity index (χ1v) is 9.37. The minimum Gasteiger partial charge on any atom is -0.450 e. The minimum absolute atomic E-state index is 0.0748. The van der Waals surface area contributed by atoms with Crippen LogP contribution in [0.15, 0.2) is 47.4 Å². The predicted octanol–water partition coefficient (Wildman–Crippen LogP) is 2.98. The summed E-state index contributed by atoms with van der Waals surface area (Å²) in [6.07, 6.45) is 2.23. The van der Waals surface area contributed by atoms with Crippen molar-refractivity contribution >= 4 is 22.0 Å². The van der Waals surface area contributed by atoms with Gasteiger partial charge in [-0.15, -0.1) is 0 Å². The maximum absolute atomic E-state index is 12.6. The lowest BCUT2D eigenvalue weighted by Gasteiger charge is -2.15. The average molecular weight is 376 g/mol. The molecule has 3 rings (SSSR count). The van der Waals surface area contributed by atoms with Crippen LogP contribution in [0.25, 0.3) is 0 Å². The normalized spacial score (nSPS) is 14.9. The molecule has 2 aromatic carbocycles. The summed E-state index contributed by atoms with van der Waals surface area (Å²) in [6.45, 7) is 0.828. The van der Waals surface area contributed by atoms with E-state index in [1.54, 1.807) is 0 Å². The van der Waals surface area contributed by atoms with E-state index < -0.39 is 20.6 Å². The standard InChI is InChI=1S/C17H16N2O6S/c20-12-13-3-5-14(6-4-13)25-17-8-7-15(11-16(17)19(21)22)26(23,24)18-9-1-2-10-18/h3-8,11-12H,1-2,9-10H2. The lowest BCUT2D eigenvalue weighted by atomic mass is 10.2. The van der Waals surface area contributed by atoms with Crippen molar-refractivity contribution in [2.75, 3.05) is 13.1 Å². The Morgan fingerprint density at radius 2 is 1.73 bits per heavy atom. The molecule has 0 unspecified atom stereocenters. The molecule has 9 heteroatoms. The first kappa shape index (κ1) is 18.0. The molecule has 1 aliphatic rings. The van der Waals surface area contributed by atoms with Gasteiger partial charge < -0.3 is 4.74 Å². The van der Waals surface area contributed by atoms with Crippen molar-refractivity contribution in [2.45, 2.75) is 17.7 Å². The van der Waals surface area contributed by atoms with Gasteiger partial charge in [0.1, 0.15) is 12.0 Å². The van der Waals surface area contributed by atoms with Gasteiger partial charge in [-0.05, 0) is 49.2 Å². The van der Waals surface area contributed by atoms with Crippen LogP contribution in [0.1, 0.15) is 23.2 Å². The quantitative estimate of drug-likeness (QED) is 0.436. The third kappa shape index (κ3) is 3.58. The van der Waals surface area contributed by atoms with Crippen molar-refractivity contribution in [3.05, 3.63) is 58.1 Å². The van der Waals surface area contributed by atoms with Crippen LogP contribution >= 0.6 is 0 Å². The second-order valence-corrected chi connectivity index (χ2v) is 7.72. The molecule has 26 heavy (non-hydrogen) atoms. The van der Waals surface area contributed by atoms with Crippen molar-refractivity contribution in [1.29, 1.82) is 0 Å². The Labute approximate surface area is 150 Å². The van der Waals surface area contributed by atoms with Gasteiger partial charge >= 0.3 is 5.69 Å². The molecule has 0 atom stereocenters. The van der Waals surface area contributed by atoms with E-state index in [0.29, 0.717) is 30.7 Å². The van der Waals surface area contributed by atoms with E-state index in [1.807, 2.05) is 0 Å². The first-order chi connectivity index (χ1) is 12.4. The molecule has 0 spiro atoms. The molecular weight excluding hydrogens is 360 g/mol. The number of ether oxygens (including phenoxy) is 1. The van der Waals surface area contributed by atoms with Crippen molar-refractivity contribution in [3.63, 3.8) is 0 Å². The van der Waals surface area contributed by atoms with Crippen LogP contribution in [0.2, 0.25) is 0 Å². The molecule has 1 heterocycles. The van der Waals surface area contributed by atoms with E-state index in [-0.39, 0.29) is 10.6 Å². The zero-order valence-corrected chi connectivity index (χ0v) is 14.5. The van der Waals surface area contributed by atoms with Gasteiger partial charge in [0.2, 0.25) is 15.8 Å². The van der Waals surface area contributed by atoms with Crippen LogP contribution in [0.5, 0.6) is 11.5 Å². The van der Waals surface area contributed by atoms with E-state index in [0.717, 1.165) is 18.9 Å². The largest absolute Gasteiger partial charge is 0.450 e. The van der Waals surface area contributed by atoms with Gasteiger partial charge in [0.25, 0.3) is 0 Å². The highest BCUT2D eigenvalue weighted by Gasteiger charge is 2.29. The topological polar surface area (TPSA) is 107 Å². The second kappa shape index (κ2) is 7.22. The van der Waals surface area contributed by atoms with E-state index in [4.69, 9.17) is 4.74 Å². The lowest BCUT2D eigenvalue weighted by molar-refractivity contribution is -0.385. The summed E-state index contributed by atoms with van der Waals surface area (Å²) >= 11 is 0. The smallest absolute Gasteiger partial charge is 0.312 e. The minimum atomic E-state index is -3.76. The zero-order valence-electron chi connectivity index (χ0n) is 13.7. The third-order valence-corrected chi connectivity index (χ3v) is 5.97. The van der Waals surface area contributed by atoms with Gasteiger partial charge in [0.15, 0.2) is 0 Å². The number of sulfonamides is 1. The lowest BCUT2D eigenvalue weighted by Crippen LogP contribution is -2.27. The van der Waals surface area contributed by atoms with E-state index >= 15 is 0 Å². The molecule has 2 aromatic rings. The summed E-state index contributed by atoms with van der Waals surface area (Å²) < 4.78 is 32.0. The highest BCUT2D eigenvalue weighted by atomic mass is 32.2. The van der Waals surface area contributed by atoms with Gasteiger partial charge in [-0.2, -0.15) is 4.31 Å². The molecule has 136 valence electrons. The Hall–Kier alpha value is -2.78. The van der Waals surface area contributed by atoms with Crippen LogP contribution < -0.4 is 4.74 Å². The van der Waals surface area contributed by atoms with Crippen LogP contribution in [0.4, 0.5) is 5.69 Å². The number of nitro groups is 1. The number of carbonyl (C=O) groups is 1. The number of carbonyl (C=O) groups excluding carboxylic acids is 1. The summed E-state index contributed by atoms with van der Waals surface area (Å²) in [5.41, 5.74) is 0.00337. The highest BCUT2D eigenvalue weighted by molar-refractivity contribution is 7.89. The molecule has 1 saturated heterocycles. The maximum Gasteiger partial charge on any atom is 0.312 e. The fraction of sp³-hybridized carbons (Fsp3) is 0.235. The first-order valence-electron chi connectivity index (χ1n) is 7.93. The zero-order chi connectivity index (χ0) is 18.7. The second-order valence-electron chi connectivity index (χ2n) is 5.79. The van der Waals surface area contributed by atoms with Crippen molar-refractivity contribution in [1.82, 2.24) is 4.31 Å². The van der Waals surface area contributed by atoms with Crippen molar-refractivity contribution in [3.8, 4) is 11.5 Å². The number of aldehydes is 1. The summed E-state index contributed by atoms with van der Waals surface area (Å²) in [4.78, 5) is 21.2. The van der Waals surface area contributed by atoms with E-state index in [9.17, 15) is 23.3 Å². The molecule has 0 amide bonds. The summed E-state index contributed by atoms with van der Waals surface area (Å²) in [5.74, 6) is 0.225. The van der Waals surface area contributed by atoms with Crippen LogP contribution in [0.3, 0.4) is 0 Å². The summed E-state index contributed by atoms with van der Waals surface area (Å²) in [7, 11) is -3.76. The number of nitro benzene ring substituents is 1. The molecule has 0 radical (unpaired) electrons. The fourth-order valence-corrected chi connectivity index (χ4v) is 4.24. The third-order valence-electron chi connectivity index (χ3n) is 4.07. The fourth-order valence-electron chi connectivity index (χ4n) is 2.71. The van der Waals surface area contributed by atoms with Crippen molar-refractivity contribution < 1.29 is 22.9 Å². The predicted molar refractivity (Wildman–Crippen MR) is 93.0 cm³/mol. The Kier molecular flexibility index (Phi) is 5.01. The highest BCUT2D eigenvalue weighted by Crippen LogP contribution is 2.34. The Bertz CT molecular complexity index is 934. The average Bonchev–Trinajstić information content (AvgIpc) is 3.18. The van der Waals surface area contributed by atoms with Gasteiger partial charge in [-0.25, -0.2) is 8.42 Å². The van der Waals surface area contributed by atoms with Crippen LogP contribution in [0, 0.1) is 10.1 Å². The van der Waals surface area contributed by atoms with Crippen LogP contribution in [-0.2, 0) is 10.0 Å². The SMILES string of the molecule is O=Cc1ccc(Oc2ccc(S(=O)(=O)N3CCCC3)cc2[N+](=O)[O-])cc1. The molecule has 0 saturated carbocycles. The number of hydrogen-bond donors (Lipinski definition) is 0. The summed E-state index contributed by atoms with van der Waals surface area (Å²) in [5, 5.41) is 11.4. The van der Waals surface area contributed by atoms with Gasteiger partial charge in [0, 0.05) is 24.7 Å². The molecule has 0 aliphatic carbocycles. The van der Waals surface area contributed by atoms with Gasteiger partial charge in [0.05, 0.1) is 9.82 Å². The number of nitrogens with zero attached hydrogens (tertiary/aromatic N) is 2. The number of benzene rings is 2. The Balaban J connectivity index is 1.94. The number of rotatable bonds is 6. The molecule has 8 nitrogen and oxygen atoms in total. The molecule has 1 aliphatic heterocycles. The van der Waals surface area contributed by atoms with E-state index in [2.05, 4.69) is 0 Å². The monoisotopic (exact) mass is 376 g/mol. The Morgan fingerprint density at radius 1 is 1.08 bits per heavy atom. The van der Waals surface area contributed by atoms with E-state index in [1.165, 1.54) is 40.7 Å². The molecule has 0 bridgehead atoms. The van der Waals surface area contributed by atoms with Crippen molar-refractivity contribution in [2.24, 2.45) is 0 Å². The molecule has 0 aromatic heterocycles. The van der Waals surface area contributed by atoms with Crippen LogP contribution in [-0.4, -0.2) is 37.0 Å². The molecular formula is C17H16N2O6S. The van der Waals surface area contributed by atoms with Gasteiger partial charge in [-0.1, -0.05) is 0 Å². The maximum atomic E-state index is 12.6. The molecule has 1 fully saturated rings. The summed E-state index contributed by atoms with van der Waals surface area (Å²) in [6, 6.07) is 9.62. The number of hydrogen-bond acceptors (Lipinski definition) is 6. The Morgan fingerprint density at radius 3 is 2.31 bits per heavy atom. The van der Waals surface area contributed by atoms with Gasteiger partial charge in [-0.3, -0.25) is 14.9 Å².